The lowest BCUT2D eigenvalue weighted by atomic mass is 10.1. The number of carbonyl (C=O) groups excluding carboxylic acids is 1. The Balaban J connectivity index is 1.24. The Kier molecular flexibility index (Phi) is 7.72. The fourth-order valence-corrected chi connectivity index (χ4v) is 4.84. The fourth-order valence-electron chi connectivity index (χ4n) is 4.84. The van der Waals surface area contributed by atoms with E-state index in [0.29, 0.717) is 29.3 Å². The van der Waals surface area contributed by atoms with Crippen molar-refractivity contribution >= 4 is 23.2 Å². The van der Waals surface area contributed by atoms with E-state index < -0.39 is 0 Å². The second-order valence-corrected chi connectivity index (χ2v) is 9.98. The van der Waals surface area contributed by atoms with E-state index in [9.17, 15) is 4.79 Å². The smallest absolute Gasteiger partial charge is 0.255 e. The third kappa shape index (κ3) is 6.40. The minimum Gasteiger partial charge on any atom is -0.324 e. The van der Waals surface area contributed by atoms with Crippen LogP contribution in [-0.2, 0) is 6.54 Å². The zero-order chi connectivity index (χ0) is 26.5. The summed E-state index contributed by atoms with van der Waals surface area (Å²) in [6.45, 7) is 9.36. The van der Waals surface area contributed by atoms with Crippen molar-refractivity contribution in [2.24, 2.45) is 0 Å². The van der Waals surface area contributed by atoms with E-state index in [2.05, 4.69) is 49.6 Å². The van der Waals surface area contributed by atoms with E-state index in [0.717, 1.165) is 42.1 Å². The summed E-state index contributed by atoms with van der Waals surface area (Å²) in [4.78, 5) is 28.6. The second-order valence-electron chi connectivity index (χ2n) is 9.98. The van der Waals surface area contributed by atoms with Crippen LogP contribution in [0.25, 0.3) is 11.3 Å². The fraction of sp³-hybridized carbons (Fsp3) is 0.267. The third-order valence-electron chi connectivity index (χ3n) is 6.61. The molecule has 2 aromatic heterocycles. The van der Waals surface area contributed by atoms with Gasteiger partial charge in [0.25, 0.3) is 5.91 Å². The molecule has 194 valence electrons. The van der Waals surface area contributed by atoms with Crippen LogP contribution in [0.5, 0.6) is 0 Å². The van der Waals surface area contributed by atoms with Gasteiger partial charge in [-0.05, 0) is 74.4 Å². The van der Waals surface area contributed by atoms with Gasteiger partial charge in [-0.1, -0.05) is 18.2 Å². The maximum atomic E-state index is 13.0. The Hall–Kier alpha value is -4.14. The number of benzene rings is 2. The van der Waals surface area contributed by atoms with Crippen molar-refractivity contribution in [2.45, 2.75) is 39.4 Å². The van der Waals surface area contributed by atoms with Gasteiger partial charge in [-0.2, -0.15) is 0 Å². The van der Waals surface area contributed by atoms with Gasteiger partial charge >= 0.3 is 0 Å². The SMILES string of the molecule is Cc1ccc(NC(=O)c2ccc(CN3CC(C)NC(C)C3)cc2)cc1Nc1nccc(-c2cccnc2)n1. The van der Waals surface area contributed by atoms with Crippen molar-refractivity contribution in [3.8, 4) is 11.3 Å². The Bertz CT molecular complexity index is 1380. The number of anilines is 3. The van der Waals surface area contributed by atoms with Gasteiger partial charge in [0.1, 0.15) is 0 Å². The van der Waals surface area contributed by atoms with E-state index in [1.807, 2.05) is 67.6 Å². The minimum atomic E-state index is -0.148. The summed E-state index contributed by atoms with van der Waals surface area (Å²) in [7, 11) is 0. The molecule has 0 spiro atoms. The lowest BCUT2D eigenvalue weighted by Gasteiger charge is -2.36. The molecule has 2 unspecified atom stereocenters. The summed E-state index contributed by atoms with van der Waals surface area (Å²) in [5.74, 6) is 0.326. The van der Waals surface area contributed by atoms with Crippen LogP contribution in [0.1, 0.15) is 35.3 Å². The quantitative estimate of drug-likeness (QED) is 0.323. The molecule has 0 radical (unpaired) electrons. The Morgan fingerprint density at radius 3 is 2.55 bits per heavy atom. The van der Waals surface area contributed by atoms with Crippen LogP contribution in [-0.4, -0.2) is 50.9 Å². The van der Waals surface area contributed by atoms with Gasteiger partial charge in [-0.3, -0.25) is 14.7 Å². The van der Waals surface area contributed by atoms with Crippen LogP contribution in [0.4, 0.5) is 17.3 Å². The zero-order valence-corrected chi connectivity index (χ0v) is 22.0. The van der Waals surface area contributed by atoms with Crippen molar-refractivity contribution in [1.82, 2.24) is 25.2 Å². The highest BCUT2D eigenvalue weighted by Gasteiger charge is 2.20. The summed E-state index contributed by atoms with van der Waals surface area (Å²) >= 11 is 0. The van der Waals surface area contributed by atoms with E-state index in [4.69, 9.17) is 0 Å². The highest BCUT2D eigenvalue weighted by atomic mass is 16.1. The summed E-state index contributed by atoms with van der Waals surface area (Å²) in [5.41, 5.74) is 6.05. The van der Waals surface area contributed by atoms with Crippen molar-refractivity contribution in [3.05, 3.63) is 95.9 Å². The first-order chi connectivity index (χ1) is 18.4. The van der Waals surface area contributed by atoms with E-state index in [1.165, 1.54) is 5.56 Å². The lowest BCUT2D eigenvalue weighted by molar-refractivity contribution is 0.102. The molecule has 0 bridgehead atoms. The molecule has 2 atom stereocenters. The van der Waals surface area contributed by atoms with Crippen LogP contribution in [0, 0.1) is 6.92 Å². The Morgan fingerprint density at radius 1 is 1.03 bits per heavy atom. The monoisotopic (exact) mass is 507 g/mol. The second kappa shape index (κ2) is 11.5. The topological polar surface area (TPSA) is 95.1 Å². The first-order valence-corrected chi connectivity index (χ1v) is 12.9. The van der Waals surface area contributed by atoms with Gasteiger partial charge in [0.05, 0.1) is 5.69 Å². The molecule has 5 rings (SSSR count). The summed E-state index contributed by atoms with van der Waals surface area (Å²) in [6.07, 6.45) is 5.22. The molecule has 1 saturated heterocycles. The van der Waals surface area contributed by atoms with Gasteiger partial charge in [0, 0.05) is 72.8 Å². The molecule has 1 amide bonds. The van der Waals surface area contributed by atoms with Gasteiger partial charge in [-0.25, -0.2) is 9.97 Å². The zero-order valence-electron chi connectivity index (χ0n) is 22.0. The molecular formula is C30H33N7O. The van der Waals surface area contributed by atoms with Gasteiger partial charge < -0.3 is 16.0 Å². The molecule has 1 aliphatic heterocycles. The van der Waals surface area contributed by atoms with Crippen LogP contribution >= 0.6 is 0 Å². The molecule has 0 aliphatic carbocycles. The number of carbonyl (C=O) groups is 1. The first-order valence-electron chi connectivity index (χ1n) is 12.9. The van der Waals surface area contributed by atoms with Gasteiger partial charge in [0.15, 0.2) is 0 Å². The molecule has 1 fully saturated rings. The molecule has 4 aromatic rings. The molecule has 3 N–H and O–H groups in total. The average Bonchev–Trinajstić information content (AvgIpc) is 2.91. The molecular weight excluding hydrogens is 474 g/mol. The van der Waals surface area contributed by atoms with Crippen LogP contribution in [0.15, 0.2) is 79.3 Å². The number of hydrogen-bond donors (Lipinski definition) is 3. The normalized spacial score (nSPS) is 17.7. The predicted octanol–water partition coefficient (Wildman–Crippen LogP) is 5.03. The van der Waals surface area contributed by atoms with Gasteiger partial charge in [-0.15, -0.1) is 0 Å². The molecule has 1 aliphatic rings. The number of nitrogens with zero attached hydrogens (tertiary/aromatic N) is 4. The molecule has 8 heteroatoms. The van der Waals surface area contributed by atoms with Crippen molar-refractivity contribution in [1.29, 1.82) is 0 Å². The van der Waals surface area contributed by atoms with Crippen molar-refractivity contribution in [2.75, 3.05) is 23.7 Å². The summed E-state index contributed by atoms with van der Waals surface area (Å²) in [5, 5.41) is 9.86. The Morgan fingerprint density at radius 2 is 1.82 bits per heavy atom. The number of piperazine rings is 1. The standard InChI is InChI=1S/C30H33N7O/c1-20-6-11-26(15-28(20)36-30-32-14-12-27(35-30)25-5-4-13-31-16-25)34-29(38)24-9-7-23(8-10-24)19-37-17-21(2)33-22(3)18-37/h4-16,21-22,33H,17-19H2,1-3H3,(H,34,38)(H,32,35,36). The molecule has 2 aromatic carbocycles. The maximum Gasteiger partial charge on any atom is 0.255 e. The van der Waals surface area contributed by atoms with Crippen molar-refractivity contribution in [3.63, 3.8) is 0 Å². The third-order valence-corrected chi connectivity index (χ3v) is 6.61. The lowest BCUT2D eigenvalue weighted by Crippen LogP contribution is -2.53. The number of nitrogens with one attached hydrogen (secondary N) is 3. The van der Waals surface area contributed by atoms with Crippen molar-refractivity contribution < 1.29 is 4.79 Å². The molecule has 0 saturated carbocycles. The summed E-state index contributed by atoms with van der Waals surface area (Å²) in [6, 6.07) is 20.3. The first kappa shape index (κ1) is 25.5. The highest BCUT2D eigenvalue weighted by Crippen LogP contribution is 2.25. The van der Waals surface area contributed by atoms with E-state index >= 15 is 0 Å². The predicted molar refractivity (Wildman–Crippen MR) is 151 cm³/mol. The molecule has 3 heterocycles. The van der Waals surface area contributed by atoms with E-state index in [1.54, 1.807) is 18.6 Å². The van der Waals surface area contributed by atoms with Gasteiger partial charge in [0.2, 0.25) is 5.95 Å². The molecule has 38 heavy (non-hydrogen) atoms. The van der Waals surface area contributed by atoms with Crippen LogP contribution in [0.2, 0.25) is 0 Å². The largest absolute Gasteiger partial charge is 0.324 e. The number of pyridine rings is 1. The maximum absolute atomic E-state index is 13.0. The number of hydrogen-bond acceptors (Lipinski definition) is 7. The summed E-state index contributed by atoms with van der Waals surface area (Å²) < 4.78 is 0. The van der Waals surface area contributed by atoms with Crippen LogP contribution < -0.4 is 16.0 Å². The Labute approximate surface area is 223 Å². The average molecular weight is 508 g/mol. The number of rotatable bonds is 7. The minimum absolute atomic E-state index is 0.148. The number of aromatic nitrogens is 3. The number of amides is 1. The molecule has 8 nitrogen and oxygen atoms in total. The number of aryl methyl sites for hydroxylation is 1. The van der Waals surface area contributed by atoms with E-state index in [-0.39, 0.29) is 5.91 Å². The highest BCUT2D eigenvalue weighted by molar-refractivity contribution is 6.04. The van der Waals surface area contributed by atoms with Crippen LogP contribution in [0.3, 0.4) is 0 Å².